The molecule has 0 radical (unpaired) electrons. The fraction of sp³-hybridized carbons (Fsp3) is 0.286. The zero-order chi connectivity index (χ0) is 22.7. The Morgan fingerprint density at radius 3 is 1.62 bits per heavy atom. The van der Waals surface area contributed by atoms with Gasteiger partial charge in [0.2, 0.25) is 5.91 Å². The Hall–Kier alpha value is -3.40. The second-order valence-corrected chi connectivity index (χ2v) is 7.92. The van der Waals surface area contributed by atoms with Crippen molar-refractivity contribution in [3.8, 4) is 0 Å². The Labute approximate surface area is 190 Å². The first-order chi connectivity index (χ1) is 15.7. The van der Waals surface area contributed by atoms with E-state index in [4.69, 9.17) is 0 Å². The van der Waals surface area contributed by atoms with E-state index in [0.29, 0.717) is 19.4 Å². The highest BCUT2D eigenvalue weighted by molar-refractivity contribution is 5.80. The SMILES string of the molecule is COC(=O)CCCCCNC(=O)CC(c1ccccc1)(c1ccccc1)c1ccccc1. The molecule has 0 unspecified atom stereocenters. The minimum Gasteiger partial charge on any atom is -0.469 e. The van der Waals surface area contributed by atoms with E-state index in [9.17, 15) is 9.59 Å². The third-order valence-corrected chi connectivity index (χ3v) is 5.83. The van der Waals surface area contributed by atoms with Gasteiger partial charge < -0.3 is 10.1 Å². The van der Waals surface area contributed by atoms with Gasteiger partial charge in [0, 0.05) is 19.4 Å². The van der Waals surface area contributed by atoms with Crippen molar-refractivity contribution in [3.05, 3.63) is 108 Å². The molecule has 0 aromatic heterocycles. The van der Waals surface area contributed by atoms with Crippen molar-refractivity contribution >= 4 is 11.9 Å². The molecule has 4 heteroatoms. The van der Waals surface area contributed by atoms with Crippen LogP contribution in [0.25, 0.3) is 0 Å². The van der Waals surface area contributed by atoms with Gasteiger partial charge in [0.25, 0.3) is 0 Å². The summed E-state index contributed by atoms with van der Waals surface area (Å²) in [6.07, 6.45) is 3.20. The van der Waals surface area contributed by atoms with Crippen LogP contribution in [0.15, 0.2) is 91.0 Å². The predicted octanol–water partition coefficient (Wildman–Crippen LogP) is 5.26. The molecule has 0 aliphatic carbocycles. The van der Waals surface area contributed by atoms with Crippen LogP contribution in [0.3, 0.4) is 0 Å². The second kappa shape index (κ2) is 11.8. The second-order valence-electron chi connectivity index (χ2n) is 7.92. The number of esters is 1. The van der Waals surface area contributed by atoms with Crippen molar-refractivity contribution in [1.29, 1.82) is 0 Å². The van der Waals surface area contributed by atoms with Gasteiger partial charge in [-0.3, -0.25) is 9.59 Å². The summed E-state index contributed by atoms with van der Waals surface area (Å²) in [7, 11) is 1.40. The molecule has 0 aliphatic rings. The highest BCUT2D eigenvalue weighted by atomic mass is 16.5. The minimum absolute atomic E-state index is 0.00882. The summed E-state index contributed by atoms with van der Waals surface area (Å²) in [6, 6.07) is 30.7. The lowest BCUT2D eigenvalue weighted by molar-refractivity contribution is -0.140. The zero-order valence-corrected chi connectivity index (χ0v) is 18.6. The van der Waals surface area contributed by atoms with E-state index in [-0.39, 0.29) is 11.9 Å². The van der Waals surface area contributed by atoms with E-state index in [1.807, 2.05) is 54.6 Å². The fourth-order valence-corrected chi connectivity index (χ4v) is 4.18. The molecule has 0 heterocycles. The summed E-state index contributed by atoms with van der Waals surface area (Å²) in [5.74, 6) is -0.179. The molecule has 3 rings (SSSR count). The van der Waals surface area contributed by atoms with Crippen molar-refractivity contribution in [2.75, 3.05) is 13.7 Å². The van der Waals surface area contributed by atoms with Crippen LogP contribution >= 0.6 is 0 Å². The molecule has 0 saturated carbocycles. The number of rotatable bonds is 11. The highest BCUT2D eigenvalue weighted by Gasteiger charge is 2.38. The maximum atomic E-state index is 13.2. The first-order valence-corrected chi connectivity index (χ1v) is 11.2. The van der Waals surface area contributed by atoms with Gasteiger partial charge in [-0.1, -0.05) is 97.4 Å². The molecule has 0 aliphatic heterocycles. The molecule has 166 valence electrons. The third-order valence-electron chi connectivity index (χ3n) is 5.83. The van der Waals surface area contributed by atoms with Crippen LogP contribution in [-0.2, 0) is 19.7 Å². The van der Waals surface area contributed by atoms with Crippen molar-refractivity contribution in [2.24, 2.45) is 0 Å². The fourth-order valence-electron chi connectivity index (χ4n) is 4.18. The summed E-state index contributed by atoms with van der Waals surface area (Å²) < 4.78 is 4.67. The first-order valence-electron chi connectivity index (χ1n) is 11.2. The molecule has 0 saturated heterocycles. The van der Waals surface area contributed by atoms with Crippen LogP contribution in [-0.4, -0.2) is 25.5 Å². The molecular formula is C28H31NO3. The highest BCUT2D eigenvalue weighted by Crippen LogP contribution is 2.42. The molecule has 0 spiro atoms. The molecular weight excluding hydrogens is 398 g/mol. The number of carbonyl (C=O) groups excluding carboxylic acids is 2. The van der Waals surface area contributed by atoms with Gasteiger partial charge in [-0.15, -0.1) is 0 Å². The molecule has 3 aromatic carbocycles. The van der Waals surface area contributed by atoms with E-state index in [2.05, 4.69) is 46.5 Å². The molecule has 3 aromatic rings. The summed E-state index contributed by atoms with van der Waals surface area (Å²) in [5.41, 5.74) is 2.68. The number of unbranched alkanes of at least 4 members (excludes halogenated alkanes) is 2. The van der Waals surface area contributed by atoms with Gasteiger partial charge in [0.05, 0.1) is 12.5 Å². The molecule has 0 bridgehead atoms. The lowest BCUT2D eigenvalue weighted by Gasteiger charge is -2.35. The summed E-state index contributed by atoms with van der Waals surface area (Å²) in [5, 5.41) is 3.09. The van der Waals surface area contributed by atoms with E-state index < -0.39 is 5.41 Å². The number of nitrogens with one attached hydrogen (secondary N) is 1. The quantitative estimate of drug-likeness (QED) is 0.257. The largest absolute Gasteiger partial charge is 0.469 e. The minimum atomic E-state index is -0.585. The number of hydrogen-bond donors (Lipinski definition) is 1. The Kier molecular flexibility index (Phi) is 8.61. The topological polar surface area (TPSA) is 55.4 Å². The number of carbonyl (C=O) groups is 2. The number of benzene rings is 3. The summed E-state index contributed by atoms with van der Waals surface area (Å²) in [6.45, 7) is 0.592. The number of amides is 1. The summed E-state index contributed by atoms with van der Waals surface area (Å²) >= 11 is 0. The van der Waals surface area contributed by atoms with Crippen molar-refractivity contribution < 1.29 is 14.3 Å². The molecule has 0 fully saturated rings. The summed E-state index contributed by atoms with van der Waals surface area (Å²) in [4.78, 5) is 24.4. The van der Waals surface area contributed by atoms with E-state index in [1.54, 1.807) is 0 Å². The van der Waals surface area contributed by atoms with Gasteiger partial charge in [-0.05, 0) is 29.5 Å². The Morgan fingerprint density at radius 1 is 0.719 bits per heavy atom. The standard InChI is InChI=1S/C28H31NO3/c1-32-27(31)20-12-5-13-21-29-26(30)22-28(23-14-6-2-7-15-23,24-16-8-3-9-17-24)25-18-10-4-11-19-25/h2-4,6-11,14-19H,5,12-13,20-22H2,1H3,(H,29,30). The van der Waals surface area contributed by atoms with Crippen LogP contribution < -0.4 is 5.32 Å². The monoisotopic (exact) mass is 429 g/mol. The third kappa shape index (κ3) is 5.85. The van der Waals surface area contributed by atoms with Crippen LogP contribution in [0, 0.1) is 0 Å². The van der Waals surface area contributed by atoms with Crippen LogP contribution in [0.1, 0.15) is 48.8 Å². The van der Waals surface area contributed by atoms with Crippen LogP contribution in [0.4, 0.5) is 0 Å². The number of methoxy groups -OCH3 is 1. The normalized spacial score (nSPS) is 11.0. The van der Waals surface area contributed by atoms with E-state index in [0.717, 1.165) is 36.0 Å². The van der Waals surface area contributed by atoms with Crippen molar-refractivity contribution in [3.63, 3.8) is 0 Å². The first kappa shape index (κ1) is 23.3. The Balaban J connectivity index is 1.81. The zero-order valence-electron chi connectivity index (χ0n) is 18.6. The molecule has 4 nitrogen and oxygen atoms in total. The van der Waals surface area contributed by atoms with Gasteiger partial charge in [0.15, 0.2) is 0 Å². The maximum Gasteiger partial charge on any atom is 0.305 e. The lowest BCUT2D eigenvalue weighted by atomic mass is 9.67. The Morgan fingerprint density at radius 2 is 1.19 bits per heavy atom. The van der Waals surface area contributed by atoms with Crippen molar-refractivity contribution in [2.45, 2.75) is 37.5 Å². The van der Waals surface area contributed by atoms with Crippen LogP contribution in [0.2, 0.25) is 0 Å². The lowest BCUT2D eigenvalue weighted by Crippen LogP contribution is -2.37. The Bertz CT molecular complexity index is 875. The van der Waals surface area contributed by atoms with Gasteiger partial charge in [-0.2, -0.15) is 0 Å². The smallest absolute Gasteiger partial charge is 0.305 e. The van der Waals surface area contributed by atoms with Gasteiger partial charge in [0.1, 0.15) is 0 Å². The maximum absolute atomic E-state index is 13.2. The number of ether oxygens (including phenoxy) is 1. The average molecular weight is 430 g/mol. The molecule has 1 amide bonds. The predicted molar refractivity (Wildman–Crippen MR) is 127 cm³/mol. The van der Waals surface area contributed by atoms with Crippen LogP contribution in [0.5, 0.6) is 0 Å². The van der Waals surface area contributed by atoms with E-state index in [1.165, 1.54) is 7.11 Å². The molecule has 32 heavy (non-hydrogen) atoms. The number of hydrogen-bond acceptors (Lipinski definition) is 3. The van der Waals surface area contributed by atoms with Gasteiger partial charge >= 0.3 is 5.97 Å². The van der Waals surface area contributed by atoms with Crippen molar-refractivity contribution in [1.82, 2.24) is 5.32 Å². The van der Waals surface area contributed by atoms with Gasteiger partial charge in [-0.25, -0.2) is 0 Å². The molecule has 0 atom stereocenters. The molecule has 1 N–H and O–H groups in total. The average Bonchev–Trinajstić information content (AvgIpc) is 2.86. The van der Waals surface area contributed by atoms with E-state index >= 15 is 0 Å².